The maximum absolute atomic E-state index is 12.2. The standard InChI is InChI=1S/C26H27N3O7/c1-16-21(17(2)36-29-16)15-34-22-12-10-19(14-23(22)33-4)11-13-24(30)35-18(3)25(31)28-26(32)27-20-8-6-5-7-9-20/h5-14,18H,15H2,1-4H3,(H2,27,28,31,32)/b13-11+/t18-/m0/s1. The van der Waals surface area contributed by atoms with Gasteiger partial charge >= 0.3 is 12.0 Å². The molecule has 0 unspecified atom stereocenters. The Balaban J connectivity index is 1.52. The van der Waals surface area contributed by atoms with Crippen LogP contribution >= 0.6 is 0 Å². The number of esters is 1. The molecule has 0 spiro atoms. The van der Waals surface area contributed by atoms with Gasteiger partial charge < -0.3 is 24.1 Å². The summed E-state index contributed by atoms with van der Waals surface area (Å²) in [7, 11) is 1.51. The van der Waals surface area contributed by atoms with Crippen molar-refractivity contribution in [2.75, 3.05) is 12.4 Å². The molecule has 10 nitrogen and oxygen atoms in total. The Morgan fingerprint density at radius 2 is 1.83 bits per heavy atom. The van der Waals surface area contributed by atoms with Gasteiger partial charge in [-0.1, -0.05) is 29.4 Å². The fraction of sp³-hybridized carbons (Fsp3) is 0.231. The number of imide groups is 1. The first kappa shape index (κ1) is 26.0. The summed E-state index contributed by atoms with van der Waals surface area (Å²) in [5, 5.41) is 8.54. The van der Waals surface area contributed by atoms with Crippen LogP contribution < -0.4 is 20.1 Å². The molecule has 10 heteroatoms. The Hall–Kier alpha value is -4.60. The second kappa shape index (κ2) is 12.2. The number of ether oxygens (including phenoxy) is 3. The maximum atomic E-state index is 12.2. The number of carbonyl (C=O) groups is 3. The van der Waals surface area contributed by atoms with E-state index in [0.717, 1.165) is 11.3 Å². The zero-order valence-corrected chi connectivity index (χ0v) is 20.4. The van der Waals surface area contributed by atoms with Crippen molar-refractivity contribution in [3.05, 3.63) is 77.2 Å². The lowest BCUT2D eigenvalue weighted by Gasteiger charge is -2.12. The van der Waals surface area contributed by atoms with Crippen molar-refractivity contribution in [3.63, 3.8) is 0 Å². The summed E-state index contributed by atoms with van der Waals surface area (Å²) in [5.41, 5.74) is 2.78. The molecule has 0 fully saturated rings. The van der Waals surface area contributed by atoms with Crippen molar-refractivity contribution in [1.82, 2.24) is 10.5 Å². The van der Waals surface area contributed by atoms with Crippen LogP contribution in [-0.4, -0.2) is 36.3 Å². The van der Waals surface area contributed by atoms with Crippen LogP contribution in [0.4, 0.5) is 10.5 Å². The van der Waals surface area contributed by atoms with Crippen molar-refractivity contribution >= 4 is 29.7 Å². The van der Waals surface area contributed by atoms with E-state index in [1.54, 1.807) is 48.5 Å². The third-order valence-corrected chi connectivity index (χ3v) is 5.08. The molecule has 1 heterocycles. The summed E-state index contributed by atoms with van der Waals surface area (Å²) in [5.74, 6) is 0.153. The number of methoxy groups -OCH3 is 1. The average Bonchev–Trinajstić information content (AvgIpc) is 3.18. The van der Waals surface area contributed by atoms with Crippen LogP contribution in [0.2, 0.25) is 0 Å². The Morgan fingerprint density at radius 1 is 1.08 bits per heavy atom. The zero-order valence-electron chi connectivity index (χ0n) is 20.4. The van der Waals surface area contributed by atoms with Crippen LogP contribution in [0.1, 0.15) is 29.5 Å². The van der Waals surface area contributed by atoms with Crippen LogP contribution in [-0.2, 0) is 20.9 Å². The molecule has 1 aromatic heterocycles. The molecule has 1 atom stereocenters. The number of para-hydroxylation sites is 1. The SMILES string of the molecule is COc1cc(/C=C/C(=O)O[C@@H](C)C(=O)NC(=O)Nc2ccccc2)ccc1OCc1c(C)noc1C. The minimum Gasteiger partial charge on any atom is -0.493 e. The third-order valence-electron chi connectivity index (χ3n) is 5.08. The fourth-order valence-electron chi connectivity index (χ4n) is 3.09. The predicted octanol–water partition coefficient (Wildman–Crippen LogP) is 4.17. The monoisotopic (exact) mass is 493 g/mol. The Bertz CT molecular complexity index is 1230. The highest BCUT2D eigenvalue weighted by atomic mass is 16.5. The number of hydrogen-bond donors (Lipinski definition) is 2. The van der Waals surface area contributed by atoms with E-state index in [-0.39, 0.29) is 6.61 Å². The number of aromatic nitrogens is 1. The lowest BCUT2D eigenvalue weighted by Crippen LogP contribution is -2.41. The predicted molar refractivity (Wildman–Crippen MR) is 131 cm³/mol. The van der Waals surface area contributed by atoms with E-state index in [2.05, 4.69) is 15.8 Å². The minimum atomic E-state index is -1.18. The minimum absolute atomic E-state index is 0.266. The number of rotatable bonds is 9. The first-order valence-electron chi connectivity index (χ1n) is 11.0. The quantitative estimate of drug-likeness (QED) is 0.336. The van der Waals surface area contributed by atoms with Crippen LogP contribution in [0.15, 0.2) is 59.1 Å². The molecule has 3 amide bonds. The van der Waals surface area contributed by atoms with E-state index >= 15 is 0 Å². The van der Waals surface area contributed by atoms with Crippen LogP contribution in [0.3, 0.4) is 0 Å². The highest BCUT2D eigenvalue weighted by Gasteiger charge is 2.19. The van der Waals surface area contributed by atoms with Crippen LogP contribution in [0.25, 0.3) is 6.08 Å². The second-order valence-corrected chi connectivity index (χ2v) is 7.72. The zero-order chi connectivity index (χ0) is 26.1. The summed E-state index contributed by atoms with van der Waals surface area (Å²) >= 11 is 0. The van der Waals surface area contributed by atoms with Crippen molar-refractivity contribution in [1.29, 1.82) is 0 Å². The first-order valence-corrected chi connectivity index (χ1v) is 11.0. The molecule has 0 saturated heterocycles. The van der Waals surface area contributed by atoms with Gasteiger partial charge in [0.05, 0.1) is 18.4 Å². The number of amides is 3. The van der Waals surface area contributed by atoms with Gasteiger partial charge in [0.15, 0.2) is 17.6 Å². The van der Waals surface area contributed by atoms with E-state index in [4.69, 9.17) is 18.7 Å². The highest BCUT2D eigenvalue weighted by molar-refractivity contribution is 6.03. The van der Waals surface area contributed by atoms with E-state index < -0.39 is 24.0 Å². The Morgan fingerprint density at radius 3 is 2.50 bits per heavy atom. The summed E-state index contributed by atoms with van der Waals surface area (Å²) in [6.45, 7) is 5.28. The molecular formula is C26H27N3O7. The number of benzene rings is 2. The van der Waals surface area contributed by atoms with Crippen molar-refractivity contribution in [3.8, 4) is 11.5 Å². The van der Waals surface area contributed by atoms with Gasteiger partial charge in [-0.25, -0.2) is 9.59 Å². The van der Waals surface area contributed by atoms with Crippen molar-refractivity contribution in [2.24, 2.45) is 0 Å². The molecule has 0 aliphatic carbocycles. The van der Waals surface area contributed by atoms with Gasteiger partial charge in [-0.15, -0.1) is 0 Å². The number of nitrogens with one attached hydrogen (secondary N) is 2. The molecule has 36 heavy (non-hydrogen) atoms. The fourth-order valence-corrected chi connectivity index (χ4v) is 3.09. The largest absolute Gasteiger partial charge is 0.493 e. The molecule has 0 aliphatic heterocycles. The smallest absolute Gasteiger partial charge is 0.331 e. The molecule has 3 aromatic rings. The molecular weight excluding hydrogens is 466 g/mol. The summed E-state index contributed by atoms with van der Waals surface area (Å²) in [6, 6.07) is 13.0. The van der Waals surface area contributed by atoms with Gasteiger partial charge in [-0.2, -0.15) is 0 Å². The summed E-state index contributed by atoms with van der Waals surface area (Å²) in [4.78, 5) is 36.2. The van der Waals surface area contributed by atoms with E-state index in [0.29, 0.717) is 28.5 Å². The maximum Gasteiger partial charge on any atom is 0.331 e. The third kappa shape index (κ3) is 7.20. The molecule has 0 aliphatic rings. The second-order valence-electron chi connectivity index (χ2n) is 7.72. The first-order chi connectivity index (χ1) is 17.3. The lowest BCUT2D eigenvalue weighted by molar-refractivity contribution is -0.149. The number of nitrogens with zero attached hydrogens (tertiary/aromatic N) is 1. The van der Waals surface area contributed by atoms with Gasteiger partial charge in [0.25, 0.3) is 5.91 Å². The number of anilines is 1. The molecule has 0 radical (unpaired) electrons. The van der Waals surface area contributed by atoms with Crippen molar-refractivity contribution < 1.29 is 33.1 Å². The van der Waals surface area contributed by atoms with E-state index in [1.165, 1.54) is 26.2 Å². The van der Waals surface area contributed by atoms with Gasteiger partial charge in [0.1, 0.15) is 12.4 Å². The van der Waals surface area contributed by atoms with Crippen molar-refractivity contribution in [2.45, 2.75) is 33.5 Å². The van der Waals surface area contributed by atoms with Gasteiger partial charge in [-0.05, 0) is 56.7 Å². The number of aryl methyl sites for hydroxylation is 2. The van der Waals surface area contributed by atoms with Crippen LogP contribution in [0.5, 0.6) is 11.5 Å². The topological polar surface area (TPSA) is 129 Å². The summed E-state index contributed by atoms with van der Waals surface area (Å²) < 4.78 is 21.5. The molecule has 2 N–H and O–H groups in total. The molecule has 3 rings (SSSR count). The Labute approximate surface area is 208 Å². The van der Waals surface area contributed by atoms with Gasteiger partial charge in [0, 0.05) is 11.8 Å². The lowest BCUT2D eigenvalue weighted by atomic mass is 10.2. The highest BCUT2D eigenvalue weighted by Crippen LogP contribution is 2.30. The molecule has 2 aromatic carbocycles. The Kier molecular flexibility index (Phi) is 8.82. The number of carbonyl (C=O) groups excluding carboxylic acids is 3. The average molecular weight is 494 g/mol. The molecule has 188 valence electrons. The number of urea groups is 1. The van der Waals surface area contributed by atoms with Gasteiger partial charge in [0.2, 0.25) is 0 Å². The normalized spacial score (nSPS) is 11.6. The molecule has 0 saturated carbocycles. The number of hydrogen-bond acceptors (Lipinski definition) is 8. The van der Waals surface area contributed by atoms with E-state index in [9.17, 15) is 14.4 Å². The summed E-state index contributed by atoms with van der Waals surface area (Å²) in [6.07, 6.45) is 1.50. The van der Waals surface area contributed by atoms with E-state index in [1.807, 2.05) is 13.8 Å². The molecule has 0 bridgehead atoms. The van der Waals surface area contributed by atoms with Gasteiger partial charge in [-0.3, -0.25) is 10.1 Å². The van der Waals surface area contributed by atoms with Crippen LogP contribution in [0, 0.1) is 13.8 Å².